The van der Waals surface area contributed by atoms with Gasteiger partial charge >= 0.3 is 0 Å². The number of nitrogens with zero attached hydrogens (tertiary/aromatic N) is 1. The van der Waals surface area contributed by atoms with Crippen molar-refractivity contribution < 1.29 is 28.9 Å². The molecule has 1 aliphatic heterocycles. The van der Waals surface area contributed by atoms with Crippen molar-refractivity contribution in [3.05, 3.63) is 94.6 Å². The Hall–Kier alpha value is -4.26. The highest BCUT2D eigenvalue weighted by molar-refractivity contribution is 6.46. The first-order chi connectivity index (χ1) is 19.0. The van der Waals surface area contributed by atoms with Gasteiger partial charge in [0.1, 0.15) is 28.6 Å². The molecular weight excluding hydrogens is 506 g/mol. The van der Waals surface area contributed by atoms with Crippen LogP contribution in [0.3, 0.4) is 0 Å². The highest BCUT2D eigenvalue weighted by atomic mass is 16.5. The molecule has 1 aliphatic rings. The van der Waals surface area contributed by atoms with Gasteiger partial charge in [0.25, 0.3) is 11.7 Å². The molecule has 3 aromatic carbocycles. The number of benzene rings is 3. The fourth-order valence-electron chi connectivity index (χ4n) is 4.85. The number of rotatable bonds is 9. The summed E-state index contributed by atoms with van der Waals surface area (Å²) in [5.41, 5.74) is 2.32. The number of para-hydroxylation sites is 1. The van der Waals surface area contributed by atoms with E-state index in [1.54, 1.807) is 18.2 Å². The molecule has 40 heavy (non-hydrogen) atoms. The van der Waals surface area contributed by atoms with Crippen LogP contribution in [0.2, 0.25) is 0 Å². The molecule has 0 aromatic heterocycles. The van der Waals surface area contributed by atoms with E-state index in [0.29, 0.717) is 36.0 Å². The van der Waals surface area contributed by atoms with Gasteiger partial charge in [0, 0.05) is 11.6 Å². The van der Waals surface area contributed by atoms with Crippen molar-refractivity contribution >= 4 is 17.4 Å². The fourth-order valence-corrected chi connectivity index (χ4v) is 4.85. The number of carbonyl (C=O) groups is 2. The quantitative estimate of drug-likeness (QED) is 0.186. The van der Waals surface area contributed by atoms with Crippen LogP contribution in [0, 0.1) is 6.92 Å². The lowest BCUT2D eigenvalue weighted by atomic mass is 9.94. The summed E-state index contributed by atoms with van der Waals surface area (Å²) in [4.78, 5) is 28.7. The van der Waals surface area contributed by atoms with Crippen LogP contribution < -0.4 is 14.2 Å². The predicted molar refractivity (Wildman–Crippen MR) is 155 cm³/mol. The van der Waals surface area contributed by atoms with Crippen molar-refractivity contribution in [2.75, 3.05) is 13.2 Å². The maximum atomic E-state index is 13.6. The van der Waals surface area contributed by atoms with E-state index in [4.69, 9.17) is 14.2 Å². The molecule has 3 aromatic rings. The zero-order valence-electron chi connectivity index (χ0n) is 24.0. The van der Waals surface area contributed by atoms with Gasteiger partial charge in [0.05, 0.1) is 36.9 Å². The zero-order chi connectivity index (χ0) is 29.0. The third kappa shape index (κ3) is 6.14. The Morgan fingerprint density at radius 3 is 2.30 bits per heavy atom. The third-order valence-corrected chi connectivity index (χ3v) is 6.45. The summed E-state index contributed by atoms with van der Waals surface area (Å²) in [7, 11) is 0. The van der Waals surface area contributed by atoms with Crippen molar-refractivity contribution in [1.82, 2.24) is 4.90 Å². The molecule has 0 radical (unpaired) electrons. The maximum absolute atomic E-state index is 13.6. The zero-order valence-corrected chi connectivity index (χ0v) is 24.0. The highest BCUT2D eigenvalue weighted by Gasteiger charge is 2.46. The molecule has 1 fully saturated rings. The second-order valence-corrected chi connectivity index (χ2v) is 10.7. The molecule has 1 unspecified atom stereocenters. The normalized spacial score (nSPS) is 16.8. The number of ketones is 1. The number of likely N-dealkylation sites (tertiary alicyclic amines) is 1. The minimum atomic E-state index is -0.816. The van der Waals surface area contributed by atoms with Gasteiger partial charge in [-0.15, -0.1) is 0 Å². The summed E-state index contributed by atoms with van der Waals surface area (Å²) in [5, 5.41) is 11.7. The highest BCUT2D eigenvalue weighted by Crippen LogP contribution is 2.43. The second-order valence-electron chi connectivity index (χ2n) is 10.7. The molecule has 0 saturated carbocycles. The van der Waals surface area contributed by atoms with Crippen LogP contribution >= 0.6 is 0 Å². The third-order valence-electron chi connectivity index (χ3n) is 6.45. The fraction of sp³-hybridized carbons (Fsp3) is 0.333. The summed E-state index contributed by atoms with van der Waals surface area (Å²) >= 11 is 0. The summed E-state index contributed by atoms with van der Waals surface area (Å²) < 4.78 is 17.6. The van der Waals surface area contributed by atoms with Crippen molar-refractivity contribution in [3.63, 3.8) is 0 Å². The lowest BCUT2D eigenvalue weighted by molar-refractivity contribution is -0.140. The Morgan fingerprint density at radius 2 is 1.62 bits per heavy atom. The number of Topliss-reactive ketones (excluding diaryl/α,β-unsaturated/α-hetero) is 1. The number of hydrogen-bond acceptors (Lipinski definition) is 6. The number of carbonyl (C=O) groups excluding carboxylic acids is 2. The first kappa shape index (κ1) is 28.7. The Balaban J connectivity index is 1.88. The van der Waals surface area contributed by atoms with Crippen LogP contribution in [-0.2, 0) is 16.1 Å². The number of aliphatic hydroxyl groups excluding tert-OH is 1. The van der Waals surface area contributed by atoms with Crippen LogP contribution in [-0.4, -0.2) is 40.5 Å². The van der Waals surface area contributed by atoms with Crippen LogP contribution in [0.15, 0.2) is 72.3 Å². The summed E-state index contributed by atoms with van der Waals surface area (Å²) in [6.07, 6.45) is 0. The van der Waals surface area contributed by atoms with Gasteiger partial charge in [-0.1, -0.05) is 48.0 Å². The number of hydrogen-bond donors (Lipinski definition) is 1. The van der Waals surface area contributed by atoms with Gasteiger partial charge in [-0.05, 0) is 65.3 Å². The van der Waals surface area contributed by atoms with Gasteiger partial charge in [-0.25, -0.2) is 0 Å². The second kappa shape index (κ2) is 11.9. The molecule has 1 heterocycles. The van der Waals surface area contributed by atoms with Crippen molar-refractivity contribution in [3.8, 4) is 17.2 Å². The van der Waals surface area contributed by atoms with E-state index in [1.165, 1.54) is 4.90 Å². The number of amides is 1. The van der Waals surface area contributed by atoms with Crippen LogP contribution in [0.5, 0.6) is 17.2 Å². The van der Waals surface area contributed by atoms with Gasteiger partial charge in [0.2, 0.25) is 0 Å². The average molecular weight is 544 g/mol. The van der Waals surface area contributed by atoms with Crippen LogP contribution in [0.25, 0.3) is 5.76 Å². The van der Waals surface area contributed by atoms with E-state index in [0.717, 1.165) is 16.7 Å². The molecule has 0 bridgehead atoms. The lowest BCUT2D eigenvalue weighted by Gasteiger charge is -2.28. The van der Waals surface area contributed by atoms with Crippen LogP contribution in [0.1, 0.15) is 62.9 Å². The van der Waals surface area contributed by atoms with Gasteiger partial charge in [0.15, 0.2) is 0 Å². The van der Waals surface area contributed by atoms with Gasteiger partial charge in [-0.3, -0.25) is 9.59 Å². The molecule has 4 rings (SSSR count). The molecule has 7 nitrogen and oxygen atoms in total. The molecule has 0 aliphatic carbocycles. The minimum Gasteiger partial charge on any atom is -0.507 e. The smallest absolute Gasteiger partial charge is 0.295 e. The Labute approximate surface area is 236 Å². The molecule has 1 saturated heterocycles. The Bertz CT molecular complexity index is 1430. The maximum Gasteiger partial charge on any atom is 0.295 e. The van der Waals surface area contributed by atoms with Gasteiger partial charge < -0.3 is 24.2 Å². The van der Waals surface area contributed by atoms with E-state index in [2.05, 4.69) is 0 Å². The van der Waals surface area contributed by atoms with Crippen molar-refractivity contribution in [2.45, 2.75) is 59.7 Å². The minimum absolute atomic E-state index is 0.00920. The first-order valence-corrected chi connectivity index (χ1v) is 13.6. The molecule has 1 amide bonds. The van der Waals surface area contributed by atoms with Crippen LogP contribution in [0.4, 0.5) is 0 Å². The summed E-state index contributed by atoms with van der Waals surface area (Å²) in [5.74, 6) is -0.169. The molecule has 210 valence electrons. The average Bonchev–Trinajstić information content (AvgIpc) is 3.14. The molecule has 1 N–H and O–H groups in total. The summed E-state index contributed by atoms with van der Waals surface area (Å²) in [6, 6.07) is 19.3. The standard InChI is InChI=1S/C33H37NO6/c1-7-38-24-16-17-25(27(19-24)39-8-2)30(35)28-29(22-14-11-12-21(3)18-22)34(32(37)31(28)36)20-23-13-9-10-15-26(23)40-33(4,5)6/h9-19,29,35H,7-8,20H2,1-6H3/b30-28-. The number of ether oxygens (including phenoxy) is 3. The van der Waals surface area contributed by atoms with E-state index < -0.39 is 23.3 Å². The van der Waals surface area contributed by atoms with E-state index in [-0.39, 0.29) is 17.9 Å². The van der Waals surface area contributed by atoms with E-state index >= 15 is 0 Å². The van der Waals surface area contributed by atoms with Crippen molar-refractivity contribution in [1.29, 1.82) is 0 Å². The first-order valence-electron chi connectivity index (χ1n) is 13.6. The molecule has 0 spiro atoms. The Morgan fingerprint density at radius 1 is 0.900 bits per heavy atom. The van der Waals surface area contributed by atoms with Crippen molar-refractivity contribution in [2.24, 2.45) is 0 Å². The SMILES string of the molecule is CCOc1ccc(/C(O)=C2/C(=O)C(=O)N(Cc3ccccc3OC(C)(C)C)C2c2cccc(C)c2)c(OCC)c1. The Kier molecular flexibility index (Phi) is 8.52. The lowest BCUT2D eigenvalue weighted by Crippen LogP contribution is -2.30. The predicted octanol–water partition coefficient (Wildman–Crippen LogP) is 6.59. The topological polar surface area (TPSA) is 85.3 Å². The largest absolute Gasteiger partial charge is 0.507 e. The van der Waals surface area contributed by atoms with E-state index in [9.17, 15) is 14.7 Å². The number of aliphatic hydroxyl groups is 1. The monoisotopic (exact) mass is 543 g/mol. The molecule has 7 heteroatoms. The molecule has 1 atom stereocenters. The molecular formula is C33H37NO6. The summed E-state index contributed by atoms with van der Waals surface area (Å²) in [6.45, 7) is 12.4. The number of aryl methyl sites for hydroxylation is 1. The van der Waals surface area contributed by atoms with E-state index in [1.807, 2.05) is 90.1 Å². The van der Waals surface area contributed by atoms with Gasteiger partial charge in [-0.2, -0.15) is 0 Å².